The van der Waals surface area contributed by atoms with Crippen LogP contribution in [0.1, 0.15) is 11.5 Å². The molecule has 0 aliphatic rings. The number of nitrogens with zero attached hydrogens (tertiary/aromatic N) is 2. The summed E-state index contributed by atoms with van der Waals surface area (Å²) in [6.45, 7) is 3.14. The highest BCUT2D eigenvalue weighted by molar-refractivity contribution is 9.10. The first-order valence-electron chi connectivity index (χ1n) is 8.61. The summed E-state index contributed by atoms with van der Waals surface area (Å²) in [6, 6.07) is 14.5. The molecule has 29 heavy (non-hydrogen) atoms. The Kier molecular flexibility index (Phi) is 5.01. The highest BCUT2D eigenvalue weighted by Crippen LogP contribution is 2.29. The zero-order valence-electron chi connectivity index (χ0n) is 15.5. The molecule has 0 aliphatic heterocycles. The molecule has 4 aromatic rings. The third-order valence-electron chi connectivity index (χ3n) is 4.22. The maximum atomic E-state index is 12.7. The van der Waals surface area contributed by atoms with Gasteiger partial charge in [0.05, 0.1) is 0 Å². The molecule has 0 radical (unpaired) electrons. The van der Waals surface area contributed by atoms with E-state index in [-0.39, 0.29) is 10.7 Å². The fourth-order valence-corrected chi connectivity index (χ4v) is 4.75. The molecule has 9 heteroatoms. The van der Waals surface area contributed by atoms with Crippen LogP contribution in [0.15, 0.2) is 73.1 Å². The smallest absolute Gasteiger partial charge is 0.267 e. The number of hydrogen-bond acceptors (Lipinski definition) is 6. The van der Waals surface area contributed by atoms with Crippen LogP contribution in [0.5, 0.6) is 0 Å². The summed E-state index contributed by atoms with van der Waals surface area (Å²) in [7, 11) is -3.84. The first-order valence-corrected chi connectivity index (χ1v) is 10.9. The summed E-state index contributed by atoms with van der Waals surface area (Å²) in [4.78, 5) is 4.56. The lowest BCUT2D eigenvalue weighted by molar-refractivity contribution is 0.390. The van der Waals surface area contributed by atoms with Crippen LogP contribution >= 0.6 is 15.9 Å². The Morgan fingerprint density at radius 3 is 2.52 bits per heavy atom. The van der Waals surface area contributed by atoms with Gasteiger partial charge in [-0.15, -0.1) is 0 Å². The van der Waals surface area contributed by atoms with Crippen LogP contribution < -0.4 is 4.72 Å². The van der Waals surface area contributed by atoms with Gasteiger partial charge in [-0.25, -0.2) is 13.4 Å². The minimum absolute atomic E-state index is 0.0379. The van der Waals surface area contributed by atoms with Crippen molar-refractivity contribution in [1.29, 1.82) is 0 Å². The summed E-state index contributed by atoms with van der Waals surface area (Å²) >= 11 is 3.44. The normalized spacial score (nSPS) is 11.6. The number of rotatable bonds is 5. The Morgan fingerprint density at radius 1 is 1.03 bits per heavy atom. The Bertz CT molecular complexity index is 1280. The fourth-order valence-electron chi connectivity index (χ4n) is 2.97. The van der Waals surface area contributed by atoms with Crippen molar-refractivity contribution in [3.63, 3.8) is 0 Å². The van der Waals surface area contributed by atoms with E-state index in [2.05, 4.69) is 30.8 Å². The van der Waals surface area contributed by atoms with Crippen molar-refractivity contribution in [1.82, 2.24) is 10.1 Å². The second kappa shape index (κ2) is 7.49. The number of hydrogen-bond donors (Lipinski definition) is 1. The predicted molar refractivity (Wildman–Crippen MR) is 112 cm³/mol. The number of sulfonamides is 1. The molecule has 0 fully saturated rings. The average Bonchev–Trinajstić information content (AvgIpc) is 3.29. The number of nitrogens with one attached hydrogen (secondary N) is 1. The van der Waals surface area contributed by atoms with Crippen molar-refractivity contribution in [3.8, 4) is 22.7 Å². The summed E-state index contributed by atoms with van der Waals surface area (Å²) in [5, 5.41) is 3.70. The van der Waals surface area contributed by atoms with Gasteiger partial charge in [0, 0.05) is 21.3 Å². The molecule has 0 amide bonds. The Hall–Kier alpha value is -2.91. The highest BCUT2D eigenvalue weighted by atomic mass is 79.9. The molecule has 1 N–H and O–H groups in total. The topological polar surface area (TPSA) is 98.2 Å². The molecule has 2 heterocycles. The van der Waals surface area contributed by atoms with Crippen LogP contribution in [0, 0.1) is 13.8 Å². The maximum Gasteiger partial charge on any atom is 0.267 e. The van der Waals surface area contributed by atoms with Gasteiger partial charge in [0.2, 0.25) is 5.89 Å². The molecule has 0 atom stereocenters. The van der Waals surface area contributed by atoms with Crippen molar-refractivity contribution in [3.05, 3.63) is 70.7 Å². The number of aromatic nitrogens is 2. The van der Waals surface area contributed by atoms with Crippen LogP contribution in [0.25, 0.3) is 22.7 Å². The molecule has 4 rings (SSSR count). The molecule has 0 bridgehead atoms. The van der Waals surface area contributed by atoms with Crippen LogP contribution in [0.3, 0.4) is 0 Å². The highest BCUT2D eigenvalue weighted by Gasteiger charge is 2.24. The van der Waals surface area contributed by atoms with Gasteiger partial charge < -0.3 is 8.94 Å². The largest absolute Gasteiger partial charge is 0.444 e. The van der Waals surface area contributed by atoms with Crippen molar-refractivity contribution in [2.75, 3.05) is 4.72 Å². The number of oxazole rings is 1. The van der Waals surface area contributed by atoms with E-state index in [1.165, 1.54) is 0 Å². The SMILES string of the molecule is Cc1noc(C)c1S(=O)(=O)Nc1cccc(-c2nc(-c3cccc(Br)c3)co2)c1. The molecular formula is C20H16BrN3O4S. The van der Waals surface area contributed by atoms with Gasteiger partial charge >= 0.3 is 0 Å². The van der Waals surface area contributed by atoms with Crippen LogP contribution in [0.2, 0.25) is 0 Å². The van der Waals surface area contributed by atoms with E-state index in [9.17, 15) is 8.42 Å². The van der Waals surface area contributed by atoms with Gasteiger partial charge in [-0.05, 0) is 44.2 Å². The van der Waals surface area contributed by atoms with Gasteiger partial charge in [-0.1, -0.05) is 39.3 Å². The Balaban J connectivity index is 1.63. The summed E-state index contributed by atoms with van der Waals surface area (Å²) in [6.07, 6.45) is 1.57. The summed E-state index contributed by atoms with van der Waals surface area (Å²) < 4.78 is 39.5. The first-order chi connectivity index (χ1) is 13.8. The van der Waals surface area contributed by atoms with E-state index >= 15 is 0 Å². The minimum atomic E-state index is -3.84. The number of benzene rings is 2. The van der Waals surface area contributed by atoms with E-state index in [4.69, 9.17) is 8.94 Å². The second-order valence-electron chi connectivity index (χ2n) is 6.39. The molecule has 0 saturated heterocycles. The number of aryl methyl sites for hydroxylation is 2. The molecule has 0 saturated carbocycles. The van der Waals surface area contributed by atoms with E-state index in [0.717, 1.165) is 10.0 Å². The predicted octanol–water partition coefficient (Wildman–Crippen LogP) is 5.18. The standard InChI is InChI=1S/C20H16BrN3O4S/c1-12-19(13(2)28-23-12)29(25,26)24-17-8-4-6-15(10-17)20-22-18(11-27-20)14-5-3-7-16(21)9-14/h3-11,24H,1-2H3. The molecule has 148 valence electrons. The van der Waals surface area contributed by atoms with Gasteiger partial charge in [0.25, 0.3) is 10.0 Å². The third-order valence-corrected chi connectivity index (χ3v) is 6.34. The van der Waals surface area contributed by atoms with Gasteiger partial charge in [-0.2, -0.15) is 0 Å². The average molecular weight is 474 g/mol. The molecule has 0 aliphatic carbocycles. The zero-order chi connectivity index (χ0) is 20.6. The first kappa shape index (κ1) is 19.4. The van der Waals surface area contributed by atoms with Gasteiger partial charge in [0.1, 0.15) is 17.7 Å². The second-order valence-corrected chi connectivity index (χ2v) is 8.92. The lowest BCUT2D eigenvalue weighted by atomic mass is 10.2. The van der Waals surface area contributed by atoms with Crippen molar-refractivity contribution in [2.45, 2.75) is 18.7 Å². The van der Waals surface area contributed by atoms with Crippen LogP contribution in [-0.2, 0) is 10.0 Å². The van der Waals surface area contributed by atoms with E-state index < -0.39 is 10.0 Å². The minimum Gasteiger partial charge on any atom is -0.444 e. The molecule has 2 aromatic carbocycles. The van der Waals surface area contributed by atoms with E-state index in [1.807, 2.05) is 24.3 Å². The molecule has 0 unspecified atom stereocenters. The monoisotopic (exact) mass is 473 g/mol. The van der Waals surface area contributed by atoms with Crippen molar-refractivity contribution in [2.24, 2.45) is 0 Å². The molecule has 7 nitrogen and oxygen atoms in total. The lowest BCUT2D eigenvalue weighted by Crippen LogP contribution is -2.14. The van der Waals surface area contributed by atoms with Crippen molar-refractivity contribution < 1.29 is 17.4 Å². The Labute approximate surface area is 175 Å². The van der Waals surface area contributed by atoms with Crippen molar-refractivity contribution >= 4 is 31.6 Å². The number of anilines is 1. The van der Waals surface area contributed by atoms with E-state index in [1.54, 1.807) is 44.4 Å². The number of halogens is 1. The maximum absolute atomic E-state index is 12.7. The molecular weight excluding hydrogens is 458 g/mol. The van der Waals surface area contributed by atoms with Gasteiger partial charge in [0.15, 0.2) is 10.7 Å². The summed E-state index contributed by atoms with van der Waals surface area (Å²) in [5.74, 6) is 0.621. The van der Waals surface area contributed by atoms with Gasteiger partial charge in [-0.3, -0.25) is 4.72 Å². The third kappa shape index (κ3) is 3.96. The molecule has 0 spiro atoms. The Morgan fingerprint density at radius 2 is 1.79 bits per heavy atom. The quantitative estimate of drug-likeness (QED) is 0.428. The van der Waals surface area contributed by atoms with Crippen LogP contribution in [-0.4, -0.2) is 18.6 Å². The fraction of sp³-hybridized carbons (Fsp3) is 0.100. The van der Waals surface area contributed by atoms with E-state index in [0.29, 0.717) is 28.5 Å². The molecule has 2 aromatic heterocycles. The lowest BCUT2D eigenvalue weighted by Gasteiger charge is -2.08. The zero-order valence-corrected chi connectivity index (χ0v) is 17.9. The van der Waals surface area contributed by atoms with Crippen LogP contribution in [0.4, 0.5) is 5.69 Å². The summed E-state index contributed by atoms with van der Waals surface area (Å²) in [5.41, 5.74) is 2.92.